The lowest BCUT2D eigenvalue weighted by molar-refractivity contribution is 0.218. The fraction of sp³-hybridized carbons (Fsp3) is 0.500. The highest BCUT2D eigenvalue weighted by Crippen LogP contribution is 2.35. The van der Waals surface area contributed by atoms with E-state index in [4.69, 9.17) is 16.7 Å². The van der Waals surface area contributed by atoms with E-state index in [0.717, 1.165) is 25.1 Å². The van der Waals surface area contributed by atoms with E-state index in [1.54, 1.807) is 18.3 Å². The molecule has 0 spiro atoms. The Balaban J connectivity index is 1.74. The largest absolute Gasteiger partial charge is 0.592 e. The predicted molar refractivity (Wildman–Crippen MR) is 114 cm³/mol. The first-order chi connectivity index (χ1) is 13.2. The maximum absolute atomic E-state index is 11.5. The van der Waals surface area contributed by atoms with Gasteiger partial charge in [0.25, 0.3) is 5.03 Å². The topological polar surface area (TPSA) is 90.1 Å². The van der Waals surface area contributed by atoms with Gasteiger partial charge in [0.05, 0.1) is 28.1 Å². The standard InChI is InChI=1S/C20H28ClN5OS/c1-20(2)11-14(13-26(20)3)7-9-17(16-10-8-15(21)12-23-16)24-18-5-4-6-19(25-18)28(22)27/h4-6,8,10,12,14,17H,7,9,11,13,22H2,1-3H3,(H,24,25). The van der Waals surface area contributed by atoms with E-state index in [1.165, 1.54) is 6.42 Å². The summed E-state index contributed by atoms with van der Waals surface area (Å²) in [5, 5.41) is 9.88. The molecule has 3 N–H and O–H groups in total. The number of hydrogen-bond donors (Lipinski definition) is 2. The summed E-state index contributed by atoms with van der Waals surface area (Å²) < 4.78 is 11.5. The molecular weight excluding hydrogens is 394 g/mol. The maximum Gasteiger partial charge on any atom is 0.267 e. The molecule has 0 aliphatic carbocycles. The zero-order valence-electron chi connectivity index (χ0n) is 16.6. The average Bonchev–Trinajstić information content (AvgIpc) is 2.91. The summed E-state index contributed by atoms with van der Waals surface area (Å²) in [6.07, 6.45) is 4.85. The van der Waals surface area contributed by atoms with Crippen LogP contribution in [0.1, 0.15) is 44.8 Å². The number of pyridine rings is 2. The van der Waals surface area contributed by atoms with Crippen LogP contribution in [-0.4, -0.2) is 38.6 Å². The number of hydrogen-bond acceptors (Lipinski definition) is 6. The molecular formula is C20H28ClN5OS. The Morgan fingerprint density at radius 2 is 2.18 bits per heavy atom. The second-order valence-electron chi connectivity index (χ2n) is 8.10. The van der Waals surface area contributed by atoms with E-state index >= 15 is 0 Å². The summed E-state index contributed by atoms with van der Waals surface area (Å²) in [7, 11) is 2.19. The minimum absolute atomic E-state index is 0.0137. The van der Waals surface area contributed by atoms with Crippen molar-refractivity contribution in [3.63, 3.8) is 0 Å². The van der Waals surface area contributed by atoms with Gasteiger partial charge in [-0.15, -0.1) is 5.14 Å². The van der Waals surface area contributed by atoms with Crippen LogP contribution in [0.5, 0.6) is 0 Å². The molecule has 0 amide bonds. The van der Waals surface area contributed by atoms with Gasteiger partial charge in [0.15, 0.2) is 0 Å². The smallest absolute Gasteiger partial charge is 0.267 e. The van der Waals surface area contributed by atoms with Crippen LogP contribution in [0.2, 0.25) is 5.02 Å². The van der Waals surface area contributed by atoms with E-state index in [-0.39, 0.29) is 11.6 Å². The third-order valence-electron chi connectivity index (χ3n) is 5.58. The molecule has 0 saturated carbocycles. The lowest BCUT2D eigenvalue weighted by atomic mass is 9.91. The molecule has 1 aliphatic heterocycles. The number of anilines is 1. The molecule has 3 atom stereocenters. The third-order valence-corrected chi connectivity index (χ3v) is 6.44. The Morgan fingerprint density at radius 1 is 1.39 bits per heavy atom. The van der Waals surface area contributed by atoms with Crippen molar-refractivity contribution >= 4 is 28.8 Å². The second-order valence-corrected chi connectivity index (χ2v) is 9.55. The zero-order valence-corrected chi connectivity index (χ0v) is 18.1. The Kier molecular flexibility index (Phi) is 6.83. The van der Waals surface area contributed by atoms with Crippen LogP contribution in [0.25, 0.3) is 0 Å². The van der Waals surface area contributed by atoms with Crippen LogP contribution < -0.4 is 10.5 Å². The van der Waals surface area contributed by atoms with E-state index < -0.39 is 11.4 Å². The van der Waals surface area contributed by atoms with Crippen molar-refractivity contribution in [2.75, 3.05) is 18.9 Å². The molecule has 0 bridgehead atoms. The van der Waals surface area contributed by atoms with Crippen molar-refractivity contribution in [3.05, 3.63) is 47.2 Å². The van der Waals surface area contributed by atoms with Gasteiger partial charge in [-0.25, -0.2) is 0 Å². The zero-order chi connectivity index (χ0) is 20.3. The van der Waals surface area contributed by atoms with Crippen LogP contribution in [-0.2, 0) is 11.4 Å². The maximum atomic E-state index is 11.5. The molecule has 3 rings (SSSR count). The SMILES string of the molecule is CN1CC(CCC(Nc2cccc([S+](N)[O-])n2)c2ccc(Cl)cn2)CC1(C)C. The molecule has 1 aliphatic rings. The van der Waals surface area contributed by atoms with Crippen LogP contribution >= 0.6 is 11.6 Å². The van der Waals surface area contributed by atoms with Gasteiger partial charge in [-0.3, -0.25) is 4.98 Å². The number of nitrogens with two attached hydrogens (primary N) is 1. The molecule has 1 saturated heterocycles. The van der Waals surface area contributed by atoms with Crippen molar-refractivity contribution in [1.82, 2.24) is 14.9 Å². The Bertz CT molecular complexity index is 786. The summed E-state index contributed by atoms with van der Waals surface area (Å²) in [5.41, 5.74) is 1.16. The quantitative estimate of drug-likeness (QED) is 0.661. The minimum atomic E-state index is -1.61. The number of nitrogens with zero attached hydrogens (tertiary/aromatic N) is 3. The first kappa shape index (κ1) is 21.3. The summed E-state index contributed by atoms with van der Waals surface area (Å²) in [6.45, 7) is 5.70. The van der Waals surface area contributed by atoms with Gasteiger partial charge < -0.3 is 14.8 Å². The summed E-state index contributed by atoms with van der Waals surface area (Å²) in [4.78, 5) is 11.3. The number of rotatable bonds is 7. The minimum Gasteiger partial charge on any atom is -0.592 e. The monoisotopic (exact) mass is 421 g/mol. The molecule has 6 nitrogen and oxygen atoms in total. The lowest BCUT2D eigenvalue weighted by Gasteiger charge is -2.26. The lowest BCUT2D eigenvalue weighted by Crippen LogP contribution is -2.34. The number of likely N-dealkylation sites (tertiary alicyclic amines) is 1. The fourth-order valence-electron chi connectivity index (χ4n) is 3.83. The van der Waals surface area contributed by atoms with Gasteiger partial charge in [-0.1, -0.05) is 17.7 Å². The molecule has 152 valence electrons. The molecule has 0 radical (unpaired) electrons. The Labute approximate surface area is 175 Å². The van der Waals surface area contributed by atoms with Gasteiger partial charge in [0.1, 0.15) is 5.82 Å². The fourth-order valence-corrected chi connectivity index (χ4v) is 4.34. The van der Waals surface area contributed by atoms with Crippen molar-refractivity contribution < 1.29 is 4.55 Å². The highest BCUT2D eigenvalue weighted by molar-refractivity contribution is 7.89. The van der Waals surface area contributed by atoms with Gasteiger partial charge >= 0.3 is 0 Å². The average molecular weight is 422 g/mol. The highest BCUT2D eigenvalue weighted by Gasteiger charge is 2.35. The van der Waals surface area contributed by atoms with E-state index in [2.05, 4.69) is 41.1 Å². The van der Waals surface area contributed by atoms with E-state index in [1.807, 2.05) is 18.2 Å². The first-order valence-corrected chi connectivity index (χ1v) is 11.1. The van der Waals surface area contributed by atoms with E-state index in [9.17, 15) is 4.55 Å². The second kappa shape index (κ2) is 8.97. The molecule has 3 unspecified atom stereocenters. The van der Waals surface area contributed by atoms with Crippen LogP contribution in [0.15, 0.2) is 41.6 Å². The van der Waals surface area contributed by atoms with Crippen molar-refractivity contribution in [2.24, 2.45) is 11.1 Å². The first-order valence-electron chi connectivity index (χ1n) is 9.47. The molecule has 0 aromatic carbocycles. The molecule has 3 heterocycles. The van der Waals surface area contributed by atoms with Crippen molar-refractivity contribution in [2.45, 2.75) is 49.7 Å². The Hall–Kier alpha value is -1.38. The van der Waals surface area contributed by atoms with Gasteiger partial charge in [-0.05, 0) is 64.3 Å². The van der Waals surface area contributed by atoms with Crippen LogP contribution in [0, 0.1) is 5.92 Å². The summed E-state index contributed by atoms with van der Waals surface area (Å²) >= 11 is 4.40. The highest BCUT2D eigenvalue weighted by atomic mass is 35.5. The predicted octanol–water partition coefficient (Wildman–Crippen LogP) is 3.78. The van der Waals surface area contributed by atoms with Crippen LogP contribution in [0.4, 0.5) is 5.82 Å². The van der Waals surface area contributed by atoms with Gasteiger partial charge in [0, 0.05) is 24.3 Å². The van der Waals surface area contributed by atoms with Gasteiger partial charge in [-0.2, -0.15) is 4.98 Å². The molecule has 2 aromatic rings. The third kappa shape index (κ3) is 5.36. The molecule has 28 heavy (non-hydrogen) atoms. The normalized spacial score (nSPS) is 21.4. The van der Waals surface area contributed by atoms with Gasteiger partial charge in [0.2, 0.25) is 0 Å². The number of aromatic nitrogens is 2. The Morgan fingerprint density at radius 3 is 2.79 bits per heavy atom. The molecule has 1 fully saturated rings. The van der Waals surface area contributed by atoms with Crippen LogP contribution in [0.3, 0.4) is 0 Å². The molecule has 8 heteroatoms. The number of nitrogens with one attached hydrogen (secondary N) is 1. The summed E-state index contributed by atoms with van der Waals surface area (Å²) in [5.74, 6) is 1.29. The number of halogens is 1. The van der Waals surface area contributed by atoms with E-state index in [0.29, 0.717) is 21.8 Å². The van der Waals surface area contributed by atoms with Crippen molar-refractivity contribution in [3.8, 4) is 0 Å². The van der Waals surface area contributed by atoms with Crippen molar-refractivity contribution in [1.29, 1.82) is 0 Å². The summed E-state index contributed by atoms with van der Waals surface area (Å²) in [6, 6.07) is 9.09. The molecule has 2 aromatic heterocycles.